The topological polar surface area (TPSA) is 87.2 Å². The molecule has 1 aliphatic rings. The van der Waals surface area contributed by atoms with Gasteiger partial charge in [-0.2, -0.15) is 0 Å². The van der Waals surface area contributed by atoms with Crippen LogP contribution in [0.4, 0.5) is 0 Å². The van der Waals surface area contributed by atoms with Gasteiger partial charge in [0.15, 0.2) is 11.5 Å². The third kappa shape index (κ3) is 5.31. The molecule has 0 N–H and O–H groups in total. The summed E-state index contributed by atoms with van der Waals surface area (Å²) in [6, 6.07) is 46.0. The number of pyridine rings is 2. The van der Waals surface area contributed by atoms with Gasteiger partial charge in [-0.1, -0.05) is 121 Å². The molecule has 1 aliphatic carbocycles. The van der Waals surface area contributed by atoms with Crippen molar-refractivity contribution in [3.05, 3.63) is 179 Å². The molecule has 0 spiro atoms. The van der Waals surface area contributed by atoms with E-state index in [0.717, 1.165) is 61.8 Å². The van der Waals surface area contributed by atoms with Gasteiger partial charge in [-0.15, -0.1) is 5.10 Å². The van der Waals surface area contributed by atoms with Crippen LogP contribution in [-0.4, -0.2) is 39.7 Å². The maximum atomic E-state index is 5.07. The normalized spacial score (nSPS) is 13.1. The highest BCUT2D eigenvalue weighted by Gasteiger charge is 2.42. The number of aryl methyl sites for hydroxylation is 2. The van der Waals surface area contributed by atoms with Gasteiger partial charge in [0, 0.05) is 28.9 Å². The van der Waals surface area contributed by atoms with Crippen LogP contribution in [0.5, 0.6) is 0 Å². The van der Waals surface area contributed by atoms with Crippen molar-refractivity contribution in [2.24, 2.45) is 0 Å². The predicted octanol–water partition coefficient (Wildman–Crippen LogP) is 8.53. The van der Waals surface area contributed by atoms with Gasteiger partial charge in [-0.05, 0) is 77.1 Å². The molecule has 4 heterocycles. The summed E-state index contributed by atoms with van der Waals surface area (Å²) in [7, 11) is 0. The summed E-state index contributed by atoms with van der Waals surface area (Å²) in [4.78, 5) is 15.0. The van der Waals surface area contributed by atoms with E-state index in [0.29, 0.717) is 18.3 Å². The van der Waals surface area contributed by atoms with Crippen LogP contribution in [0, 0.1) is 13.8 Å². The molecule has 0 aliphatic heterocycles. The lowest BCUT2D eigenvalue weighted by atomic mass is 9.77. The summed E-state index contributed by atoms with van der Waals surface area (Å²) in [6.07, 6.45) is 4.33. The van der Waals surface area contributed by atoms with Crippen molar-refractivity contribution in [1.29, 1.82) is 0 Å². The molecule has 8 nitrogen and oxygen atoms in total. The number of fused-ring (bicyclic) bond motifs is 1. The molecular weight excluding hydrogens is 629 g/mol. The van der Waals surface area contributed by atoms with Crippen molar-refractivity contribution in [2.45, 2.75) is 44.7 Å². The molecule has 4 aromatic carbocycles. The number of tetrazole rings is 1. The Bertz CT molecular complexity index is 2370. The third-order valence-corrected chi connectivity index (χ3v) is 9.97. The maximum Gasteiger partial charge on any atom is 0.184 e. The minimum absolute atomic E-state index is 0.499. The summed E-state index contributed by atoms with van der Waals surface area (Å²) in [5, 5.41) is 13.8. The second-order valence-corrected chi connectivity index (χ2v) is 13.4. The molecule has 0 bridgehead atoms. The lowest BCUT2D eigenvalue weighted by Crippen LogP contribution is -2.39. The highest BCUT2D eigenvalue weighted by molar-refractivity contribution is 5.79. The molecular formula is C43H36N8. The monoisotopic (exact) mass is 664 g/mol. The first-order chi connectivity index (χ1) is 25.1. The number of rotatable bonds is 9. The van der Waals surface area contributed by atoms with Crippen molar-refractivity contribution in [1.82, 2.24) is 39.7 Å². The third-order valence-electron chi connectivity index (χ3n) is 9.97. The SMILES string of the molecule is Cc1cc(C)c2nc(C3CC3)n(Cc3ccc(-c4ccccc4-c4nnnn4C(c4ccccc4)(c4ccccc4)c4ccccc4)nc3)c2n1. The Labute approximate surface area is 296 Å². The summed E-state index contributed by atoms with van der Waals surface area (Å²) < 4.78 is 4.27. The summed E-state index contributed by atoms with van der Waals surface area (Å²) in [6.45, 7) is 4.84. The molecule has 0 saturated heterocycles. The Morgan fingerprint density at radius 3 is 1.88 bits per heavy atom. The molecule has 8 heteroatoms. The maximum absolute atomic E-state index is 5.07. The van der Waals surface area contributed by atoms with Gasteiger partial charge >= 0.3 is 0 Å². The van der Waals surface area contributed by atoms with Crippen LogP contribution >= 0.6 is 0 Å². The van der Waals surface area contributed by atoms with Crippen LogP contribution in [0.15, 0.2) is 140 Å². The Balaban J connectivity index is 1.15. The van der Waals surface area contributed by atoms with Gasteiger partial charge in [0.25, 0.3) is 0 Å². The summed E-state index contributed by atoms with van der Waals surface area (Å²) in [5.74, 6) is 2.27. The second-order valence-electron chi connectivity index (χ2n) is 13.4. The first-order valence-electron chi connectivity index (χ1n) is 17.5. The lowest BCUT2D eigenvalue weighted by molar-refractivity contribution is 0.451. The Kier molecular flexibility index (Phi) is 7.57. The van der Waals surface area contributed by atoms with Crippen molar-refractivity contribution in [3.63, 3.8) is 0 Å². The minimum atomic E-state index is -0.857. The zero-order valence-electron chi connectivity index (χ0n) is 28.6. The number of imidazole rings is 1. The number of hydrogen-bond donors (Lipinski definition) is 0. The fraction of sp³-hybridized carbons (Fsp3) is 0.163. The number of hydrogen-bond acceptors (Lipinski definition) is 6. The van der Waals surface area contributed by atoms with Gasteiger partial charge in [0.2, 0.25) is 0 Å². The standard InChI is InChI=1S/C43H36N8/c1-29-26-30(2)45-42-39(29)46-40(32-23-24-32)50(42)28-31-22-25-38(44-27-31)36-20-12-13-21-37(36)41-47-48-49-51(41)43(33-14-6-3-7-15-33,34-16-8-4-9-17-34)35-18-10-5-11-19-35/h3-22,25-27,32H,23-24,28H2,1-2H3. The number of nitrogens with zero attached hydrogens (tertiary/aromatic N) is 8. The Morgan fingerprint density at radius 1 is 0.686 bits per heavy atom. The molecule has 1 fully saturated rings. The first-order valence-corrected chi connectivity index (χ1v) is 17.5. The van der Waals surface area contributed by atoms with E-state index in [4.69, 9.17) is 25.3 Å². The first kappa shape index (κ1) is 30.8. The van der Waals surface area contributed by atoms with Crippen LogP contribution < -0.4 is 0 Å². The van der Waals surface area contributed by atoms with Crippen molar-refractivity contribution >= 4 is 11.2 Å². The van der Waals surface area contributed by atoms with E-state index in [2.05, 4.69) is 120 Å². The van der Waals surface area contributed by atoms with E-state index >= 15 is 0 Å². The Hall–Kier alpha value is -6.28. The smallest absolute Gasteiger partial charge is 0.184 e. The average molecular weight is 665 g/mol. The zero-order chi connectivity index (χ0) is 34.4. The van der Waals surface area contributed by atoms with Crippen LogP contribution in [0.3, 0.4) is 0 Å². The molecule has 4 aromatic heterocycles. The van der Waals surface area contributed by atoms with Gasteiger partial charge in [0.05, 0.1) is 12.2 Å². The molecule has 8 aromatic rings. The molecule has 1 saturated carbocycles. The average Bonchev–Trinajstić information content (AvgIpc) is 3.80. The van der Waals surface area contributed by atoms with Crippen molar-refractivity contribution in [3.8, 4) is 22.6 Å². The van der Waals surface area contributed by atoms with Gasteiger partial charge < -0.3 is 4.57 Å². The Morgan fingerprint density at radius 2 is 1.29 bits per heavy atom. The fourth-order valence-electron chi connectivity index (χ4n) is 7.48. The molecule has 9 rings (SSSR count). The van der Waals surface area contributed by atoms with Gasteiger partial charge in [-0.25, -0.2) is 14.6 Å². The van der Waals surface area contributed by atoms with E-state index in [1.165, 1.54) is 18.4 Å². The predicted molar refractivity (Wildman–Crippen MR) is 199 cm³/mol. The van der Waals surface area contributed by atoms with Gasteiger partial charge in [-0.3, -0.25) is 4.98 Å². The highest BCUT2D eigenvalue weighted by Crippen LogP contribution is 2.44. The second kappa shape index (κ2) is 12.6. The largest absolute Gasteiger partial charge is 0.308 e. The molecule has 0 amide bonds. The zero-order valence-corrected chi connectivity index (χ0v) is 28.6. The van der Waals surface area contributed by atoms with E-state index in [1.54, 1.807) is 0 Å². The van der Waals surface area contributed by atoms with E-state index < -0.39 is 5.54 Å². The van der Waals surface area contributed by atoms with Gasteiger partial charge in [0.1, 0.15) is 16.9 Å². The number of aromatic nitrogens is 8. The van der Waals surface area contributed by atoms with Crippen LogP contribution in [0.25, 0.3) is 33.8 Å². The van der Waals surface area contributed by atoms with Crippen LogP contribution in [0.1, 0.15) is 58.1 Å². The molecule has 0 unspecified atom stereocenters. The summed E-state index contributed by atoms with van der Waals surface area (Å²) >= 11 is 0. The summed E-state index contributed by atoms with van der Waals surface area (Å²) in [5.41, 5.74) is 10.2. The van der Waals surface area contributed by atoms with Crippen molar-refractivity contribution in [2.75, 3.05) is 0 Å². The quantitative estimate of drug-likeness (QED) is 0.144. The fourth-order valence-corrected chi connectivity index (χ4v) is 7.48. The number of benzene rings is 4. The van der Waals surface area contributed by atoms with Crippen LogP contribution in [-0.2, 0) is 12.1 Å². The van der Waals surface area contributed by atoms with E-state index in [1.807, 2.05) is 48.1 Å². The molecule has 0 radical (unpaired) electrons. The molecule has 0 atom stereocenters. The van der Waals surface area contributed by atoms with Crippen molar-refractivity contribution < 1.29 is 0 Å². The van der Waals surface area contributed by atoms with E-state index in [9.17, 15) is 0 Å². The molecule has 51 heavy (non-hydrogen) atoms. The molecule has 248 valence electrons. The van der Waals surface area contributed by atoms with E-state index in [-0.39, 0.29) is 0 Å². The lowest BCUT2D eigenvalue weighted by Gasteiger charge is -2.36. The minimum Gasteiger partial charge on any atom is -0.308 e. The van der Waals surface area contributed by atoms with Crippen LogP contribution in [0.2, 0.25) is 0 Å². The highest BCUT2D eigenvalue weighted by atomic mass is 15.6.